The number of nitrogens with one attached hydrogen (secondary N) is 2. The van der Waals surface area contributed by atoms with Gasteiger partial charge in [-0.3, -0.25) is 4.79 Å². The molecule has 1 amide bonds. The summed E-state index contributed by atoms with van der Waals surface area (Å²) >= 11 is 0. The van der Waals surface area contributed by atoms with Crippen LogP contribution in [0.1, 0.15) is 18.5 Å². The quantitative estimate of drug-likeness (QED) is 0.643. The minimum absolute atomic E-state index is 0.0466. The fraction of sp³-hybridized carbons (Fsp3) is 0.375. The maximum atomic E-state index is 12.2. The molecule has 21 heavy (non-hydrogen) atoms. The average molecular weight is 284 g/mol. The highest BCUT2D eigenvalue weighted by atomic mass is 16.2. The minimum Gasteiger partial charge on any atom is -0.383 e. The topological polar surface area (TPSA) is 68.2 Å². The van der Waals surface area contributed by atoms with E-state index in [1.165, 1.54) is 6.20 Å². The van der Waals surface area contributed by atoms with Gasteiger partial charge in [0.1, 0.15) is 11.6 Å². The van der Waals surface area contributed by atoms with Crippen molar-refractivity contribution in [3.63, 3.8) is 0 Å². The Morgan fingerprint density at radius 1 is 1.38 bits per heavy atom. The molecule has 1 heterocycles. The lowest BCUT2D eigenvalue weighted by Crippen LogP contribution is -2.46. The predicted octanol–water partition coefficient (Wildman–Crippen LogP) is 1.18. The van der Waals surface area contributed by atoms with E-state index in [-0.39, 0.29) is 17.5 Å². The van der Waals surface area contributed by atoms with Crippen molar-refractivity contribution in [3.8, 4) is 6.07 Å². The van der Waals surface area contributed by atoms with Crippen molar-refractivity contribution in [2.75, 3.05) is 26.2 Å². The summed E-state index contributed by atoms with van der Waals surface area (Å²) in [5, 5.41) is 15.5. The molecule has 1 unspecified atom stereocenters. The van der Waals surface area contributed by atoms with Crippen LogP contribution in [0.5, 0.6) is 0 Å². The van der Waals surface area contributed by atoms with Crippen LogP contribution < -0.4 is 10.6 Å². The van der Waals surface area contributed by atoms with Gasteiger partial charge in [-0.2, -0.15) is 5.26 Å². The standard InChI is InChI=1S/C16H20N4O/c1-13(14-5-3-2-4-6-14)19-12-15(11-17)16(21)20-9-7-18-8-10-20/h2-6,12-13,18-19H,7-10H2,1H3/b15-12-. The molecule has 1 aliphatic heterocycles. The zero-order chi connectivity index (χ0) is 15.1. The molecular formula is C16H20N4O. The van der Waals surface area contributed by atoms with Crippen LogP contribution in [0.25, 0.3) is 0 Å². The number of amides is 1. The number of hydrogen-bond acceptors (Lipinski definition) is 4. The second-order valence-corrected chi connectivity index (χ2v) is 5.01. The molecule has 1 aromatic carbocycles. The first-order chi connectivity index (χ1) is 10.2. The van der Waals surface area contributed by atoms with Gasteiger partial charge < -0.3 is 15.5 Å². The van der Waals surface area contributed by atoms with E-state index in [0.29, 0.717) is 13.1 Å². The van der Waals surface area contributed by atoms with Crippen LogP contribution >= 0.6 is 0 Å². The van der Waals surface area contributed by atoms with Gasteiger partial charge in [0.25, 0.3) is 5.91 Å². The highest BCUT2D eigenvalue weighted by Gasteiger charge is 2.20. The Kier molecular flexibility index (Phi) is 5.35. The van der Waals surface area contributed by atoms with E-state index in [9.17, 15) is 10.1 Å². The van der Waals surface area contributed by atoms with E-state index in [2.05, 4.69) is 10.6 Å². The molecular weight excluding hydrogens is 264 g/mol. The number of benzene rings is 1. The molecule has 2 rings (SSSR count). The SMILES string of the molecule is CC(N/C=C(/C#N)C(=O)N1CCNCC1)c1ccccc1. The van der Waals surface area contributed by atoms with Crippen LogP contribution in [0, 0.1) is 11.3 Å². The van der Waals surface area contributed by atoms with Gasteiger partial charge in [-0.1, -0.05) is 30.3 Å². The molecule has 5 nitrogen and oxygen atoms in total. The van der Waals surface area contributed by atoms with Gasteiger partial charge in [0.2, 0.25) is 0 Å². The minimum atomic E-state index is -0.202. The van der Waals surface area contributed by atoms with Crippen molar-refractivity contribution < 1.29 is 4.79 Å². The largest absolute Gasteiger partial charge is 0.383 e. The summed E-state index contributed by atoms with van der Waals surface area (Å²) in [7, 11) is 0. The van der Waals surface area contributed by atoms with E-state index < -0.39 is 0 Å². The average Bonchev–Trinajstić information content (AvgIpc) is 2.56. The number of hydrogen-bond donors (Lipinski definition) is 2. The highest BCUT2D eigenvalue weighted by Crippen LogP contribution is 2.11. The lowest BCUT2D eigenvalue weighted by atomic mass is 10.1. The van der Waals surface area contributed by atoms with Crippen LogP contribution in [0.4, 0.5) is 0 Å². The van der Waals surface area contributed by atoms with Crippen molar-refractivity contribution in [1.82, 2.24) is 15.5 Å². The maximum Gasteiger partial charge on any atom is 0.266 e. The number of carbonyl (C=O) groups is 1. The van der Waals surface area contributed by atoms with Gasteiger partial charge in [0.05, 0.1) is 0 Å². The zero-order valence-corrected chi connectivity index (χ0v) is 12.2. The van der Waals surface area contributed by atoms with Gasteiger partial charge in [0.15, 0.2) is 0 Å². The Morgan fingerprint density at radius 2 is 2.05 bits per heavy atom. The Morgan fingerprint density at radius 3 is 2.67 bits per heavy atom. The number of nitriles is 1. The Hall–Kier alpha value is -2.32. The van der Waals surface area contributed by atoms with Gasteiger partial charge in [-0.15, -0.1) is 0 Å². The summed E-state index contributed by atoms with van der Waals surface area (Å²) in [6, 6.07) is 12.0. The van der Waals surface area contributed by atoms with Gasteiger partial charge in [0, 0.05) is 38.4 Å². The smallest absolute Gasteiger partial charge is 0.266 e. The van der Waals surface area contributed by atoms with Crippen molar-refractivity contribution in [2.45, 2.75) is 13.0 Å². The summed E-state index contributed by atoms with van der Waals surface area (Å²) in [4.78, 5) is 14.0. The van der Waals surface area contributed by atoms with Crippen molar-refractivity contribution in [2.24, 2.45) is 0 Å². The van der Waals surface area contributed by atoms with E-state index >= 15 is 0 Å². The van der Waals surface area contributed by atoms with Crippen LogP contribution in [-0.4, -0.2) is 37.0 Å². The van der Waals surface area contributed by atoms with E-state index in [0.717, 1.165) is 18.7 Å². The first-order valence-corrected chi connectivity index (χ1v) is 7.13. The lowest BCUT2D eigenvalue weighted by Gasteiger charge is -2.27. The molecule has 0 saturated carbocycles. The van der Waals surface area contributed by atoms with Crippen LogP contribution in [0.3, 0.4) is 0 Å². The van der Waals surface area contributed by atoms with Crippen LogP contribution in [-0.2, 0) is 4.79 Å². The first kappa shape index (κ1) is 15.1. The summed E-state index contributed by atoms with van der Waals surface area (Å²) in [6.07, 6.45) is 1.53. The molecule has 1 aliphatic rings. The highest BCUT2D eigenvalue weighted by molar-refractivity contribution is 5.97. The molecule has 110 valence electrons. The number of piperazine rings is 1. The molecule has 1 fully saturated rings. The van der Waals surface area contributed by atoms with Crippen LogP contribution in [0.15, 0.2) is 42.1 Å². The third-order valence-electron chi connectivity index (χ3n) is 3.53. The monoisotopic (exact) mass is 284 g/mol. The summed E-state index contributed by atoms with van der Waals surface area (Å²) in [5.74, 6) is -0.202. The molecule has 1 aromatic rings. The molecule has 2 N–H and O–H groups in total. The second-order valence-electron chi connectivity index (χ2n) is 5.01. The van der Waals surface area contributed by atoms with Crippen LogP contribution in [0.2, 0.25) is 0 Å². The molecule has 1 saturated heterocycles. The summed E-state index contributed by atoms with van der Waals surface area (Å²) in [6.45, 7) is 4.84. The molecule has 1 atom stereocenters. The molecule has 5 heteroatoms. The van der Waals surface area contributed by atoms with E-state index in [1.54, 1.807) is 4.90 Å². The van der Waals surface area contributed by atoms with Crippen molar-refractivity contribution >= 4 is 5.91 Å². The van der Waals surface area contributed by atoms with Gasteiger partial charge >= 0.3 is 0 Å². The fourth-order valence-electron chi connectivity index (χ4n) is 2.23. The molecule has 0 aromatic heterocycles. The predicted molar refractivity (Wildman–Crippen MR) is 81.1 cm³/mol. The Labute approximate surface area is 125 Å². The van der Waals surface area contributed by atoms with Crippen molar-refractivity contribution in [3.05, 3.63) is 47.7 Å². The van der Waals surface area contributed by atoms with E-state index in [4.69, 9.17) is 0 Å². The lowest BCUT2D eigenvalue weighted by molar-refractivity contribution is -0.127. The summed E-state index contributed by atoms with van der Waals surface area (Å²) in [5.41, 5.74) is 1.26. The molecule has 0 spiro atoms. The molecule has 0 radical (unpaired) electrons. The number of rotatable bonds is 4. The van der Waals surface area contributed by atoms with Gasteiger partial charge in [-0.25, -0.2) is 0 Å². The fourth-order valence-corrected chi connectivity index (χ4v) is 2.23. The normalized spacial score (nSPS) is 17.0. The third kappa shape index (κ3) is 4.07. The number of carbonyl (C=O) groups excluding carboxylic acids is 1. The second kappa shape index (κ2) is 7.46. The van der Waals surface area contributed by atoms with Gasteiger partial charge in [-0.05, 0) is 12.5 Å². The number of nitrogens with zero attached hydrogens (tertiary/aromatic N) is 2. The Balaban J connectivity index is 2.00. The van der Waals surface area contributed by atoms with Crippen molar-refractivity contribution in [1.29, 1.82) is 5.26 Å². The maximum absolute atomic E-state index is 12.2. The van der Waals surface area contributed by atoms with E-state index in [1.807, 2.05) is 43.3 Å². The zero-order valence-electron chi connectivity index (χ0n) is 12.2. The first-order valence-electron chi connectivity index (χ1n) is 7.13. The third-order valence-corrected chi connectivity index (χ3v) is 3.53. The molecule has 0 bridgehead atoms. The summed E-state index contributed by atoms with van der Waals surface area (Å²) < 4.78 is 0. The Bertz CT molecular complexity index is 541. The molecule has 0 aliphatic carbocycles.